The van der Waals surface area contributed by atoms with Crippen molar-refractivity contribution in [2.75, 3.05) is 23.4 Å². The second-order valence-electron chi connectivity index (χ2n) is 4.77. The molecule has 20 heavy (non-hydrogen) atoms. The highest BCUT2D eigenvalue weighted by Gasteiger charge is 2.23. The number of nitrogens with one attached hydrogen (secondary N) is 1. The van der Waals surface area contributed by atoms with Gasteiger partial charge in [-0.25, -0.2) is 0 Å². The molecule has 6 nitrogen and oxygen atoms in total. The van der Waals surface area contributed by atoms with E-state index in [4.69, 9.17) is 5.84 Å². The minimum absolute atomic E-state index is 0.0576. The molecule has 0 spiro atoms. The van der Waals surface area contributed by atoms with Crippen LogP contribution in [0.2, 0.25) is 0 Å². The summed E-state index contributed by atoms with van der Waals surface area (Å²) in [7, 11) is 0. The smallest absolute Gasteiger partial charge is 0.316 e. The lowest BCUT2D eigenvalue weighted by atomic mass is 10.1. The Bertz CT molecular complexity index is 429. The Morgan fingerprint density at radius 1 is 1.25 bits per heavy atom. The summed E-state index contributed by atoms with van der Waals surface area (Å²) in [6.07, 6.45) is 4.15. The number of unbranched alkanes of at least 4 members (excludes halogenated alkanes) is 2. The van der Waals surface area contributed by atoms with Crippen molar-refractivity contribution in [3.8, 4) is 0 Å². The van der Waals surface area contributed by atoms with Gasteiger partial charge < -0.3 is 10.3 Å². The average Bonchev–Trinajstić information content (AvgIpc) is 2.46. The molecule has 0 aliphatic carbocycles. The SMILES string of the molecule is CCCCN(CCCC)c1cccc(NN)c1[N+](=O)[O-]. The molecule has 0 aliphatic rings. The van der Waals surface area contributed by atoms with E-state index in [1.807, 2.05) is 0 Å². The van der Waals surface area contributed by atoms with Crippen LogP contribution in [0.5, 0.6) is 0 Å². The Labute approximate surface area is 120 Å². The zero-order chi connectivity index (χ0) is 15.0. The van der Waals surface area contributed by atoms with Gasteiger partial charge in [0.05, 0.1) is 4.92 Å². The molecular formula is C14H24N4O2. The van der Waals surface area contributed by atoms with Gasteiger partial charge in [-0.3, -0.25) is 16.0 Å². The largest absolute Gasteiger partial charge is 0.366 e. The fourth-order valence-electron chi connectivity index (χ4n) is 2.15. The standard InChI is InChI=1S/C14H24N4O2/c1-3-5-10-17(11-6-4-2)13-9-7-8-12(16-15)14(13)18(19)20/h7-9,16H,3-6,10-11,15H2,1-2H3. The van der Waals surface area contributed by atoms with Crippen molar-refractivity contribution in [1.82, 2.24) is 0 Å². The number of nitro groups is 1. The molecule has 0 unspecified atom stereocenters. The number of para-hydroxylation sites is 1. The third kappa shape index (κ3) is 4.09. The number of nitrogens with two attached hydrogens (primary N) is 1. The molecule has 0 radical (unpaired) electrons. The monoisotopic (exact) mass is 280 g/mol. The normalized spacial score (nSPS) is 10.3. The zero-order valence-electron chi connectivity index (χ0n) is 12.3. The Hall–Kier alpha value is -1.82. The highest BCUT2D eigenvalue weighted by molar-refractivity contribution is 5.76. The molecule has 0 atom stereocenters. The fraction of sp³-hybridized carbons (Fsp3) is 0.571. The molecule has 0 aromatic heterocycles. The van der Waals surface area contributed by atoms with Crippen LogP contribution in [0.25, 0.3) is 0 Å². The maximum Gasteiger partial charge on any atom is 0.316 e. The lowest BCUT2D eigenvalue weighted by Crippen LogP contribution is -2.26. The molecular weight excluding hydrogens is 256 g/mol. The van der Waals surface area contributed by atoms with Gasteiger partial charge in [0.15, 0.2) is 0 Å². The van der Waals surface area contributed by atoms with Crippen molar-refractivity contribution in [2.45, 2.75) is 39.5 Å². The summed E-state index contributed by atoms with van der Waals surface area (Å²) in [6.45, 7) is 5.88. The molecule has 0 saturated heterocycles. The maximum absolute atomic E-state index is 11.3. The van der Waals surface area contributed by atoms with Crippen LogP contribution in [0.3, 0.4) is 0 Å². The summed E-state index contributed by atoms with van der Waals surface area (Å²) in [5, 5.41) is 11.3. The van der Waals surface area contributed by atoms with E-state index in [9.17, 15) is 10.1 Å². The van der Waals surface area contributed by atoms with Crippen LogP contribution in [0, 0.1) is 10.1 Å². The number of benzene rings is 1. The molecule has 1 aromatic carbocycles. The molecule has 0 bridgehead atoms. The van der Waals surface area contributed by atoms with Gasteiger partial charge in [0.1, 0.15) is 11.4 Å². The van der Waals surface area contributed by atoms with E-state index in [0.29, 0.717) is 11.4 Å². The van der Waals surface area contributed by atoms with E-state index in [1.54, 1.807) is 18.2 Å². The topological polar surface area (TPSA) is 84.4 Å². The highest BCUT2D eigenvalue weighted by Crippen LogP contribution is 2.35. The van der Waals surface area contributed by atoms with Crippen molar-refractivity contribution in [2.24, 2.45) is 5.84 Å². The van der Waals surface area contributed by atoms with Crippen LogP contribution in [0.15, 0.2) is 18.2 Å². The van der Waals surface area contributed by atoms with E-state index in [2.05, 4.69) is 24.2 Å². The minimum atomic E-state index is -0.366. The molecule has 0 fully saturated rings. The first-order valence-electron chi connectivity index (χ1n) is 7.14. The van der Waals surface area contributed by atoms with E-state index < -0.39 is 0 Å². The molecule has 0 amide bonds. The molecule has 1 rings (SSSR count). The minimum Gasteiger partial charge on any atom is -0.366 e. The van der Waals surface area contributed by atoms with E-state index in [-0.39, 0.29) is 10.6 Å². The van der Waals surface area contributed by atoms with Gasteiger partial charge in [0.25, 0.3) is 0 Å². The number of anilines is 2. The van der Waals surface area contributed by atoms with Gasteiger partial charge in [-0.1, -0.05) is 32.8 Å². The van der Waals surface area contributed by atoms with Gasteiger partial charge >= 0.3 is 5.69 Å². The van der Waals surface area contributed by atoms with Gasteiger partial charge in [0.2, 0.25) is 0 Å². The number of hydrazine groups is 1. The van der Waals surface area contributed by atoms with Crippen LogP contribution >= 0.6 is 0 Å². The number of hydrogen-bond donors (Lipinski definition) is 2. The van der Waals surface area contributed by atoms with Crippen molar-refractivity contribution < 1.29 is 4.92 Å². The number of hydrogen-bond acceptors (Lipinski definition) is 5. The number of nitro benzene ring substituents is 1. The molecule has 0 aliphatic heterocycles. The summed E-state index contributed by atoms with van der Waals surface area (Å²) in [5.74, 6) is 5.38. The Balaban J connectivity index is 3.13. The predicted molar refractivity (Wildman–Crippen MR) is 82.9 cm³/mol. The molecule has 0 heterocycles. The van der Waals surface area contributed by atoms with Gasteiger partial charge in [-0.15, -0.1) is 0 Å². The van der Waals surface area contributed by atoms with Crippen LogP contribution in [0.1, 0.15) is 39.5 Å². The van der Waals surface area contributed by atoms with Crippen LogP contribution in [-0.4, -0.2) is 18.0 Å². The molecule has 6 heteroatoms. The zero-order valence-corrected chi connectivity index (χ0v) is 12.3. The van der Waals surface area contributed by atoms with Gasteiger partial charge in [0, 0.05) is 13.1 Å². The third-order valence-corrected chi connectivity index (χ3v) is 3.26. The Morgan fingerprint density at radius 3 is 2.30 bits per heavy atom. The molecule has 112 valence electrons. The summed E-state index contributed by atoms with van der Waals surface area (Å²) < 4.78 is 0. The second-order valence-corrected chi connectivity index (χ2v) is 4.77. The maximum atomic E-state index is 11.3. The van der Waals surface area contributed by atoms with Gasteiger partial charge in [-0.05, 0) is 25.0 Å². The lowest BCUT2D eigenvalue weighted by molar-refractivity contribution is -0.383. The molecule has 3 N–H and O–H groups in total. The summed E-state index contributed by atoms with van der Waals surface area (Å²) in [5.41, 5.74) is 3.47. The van der Waals surface area contributed by atoms with E-state index in [0.717, 1.165) is 38.8 Å². The number of nitrogen functional groups attached to an aromatic ring is 1. The van der Waals surface area contributed by atoms with Crippen LogP contribution in [0.4, 0.5) is 17.1 Å². The first-order chi connectivity index (χ1) is 9.65. The first-order valence-corrected chi connectivity index (χ1v) is 7.14. The third-order valence-electron chi connectivity index (χ3n) is 3.26. The van der Waals surface area contributed by atoms with Crippen molar-refractivity contribution in [1.29, 1.82) is 0 Å². The van der Waals surface area contributed by atoms with E-state index >= 15 is 0 Å². The summed E-state index contributed by atoms with van der Waals surface area (Å²) in [6, 6.07) is 5.21. The van der Waals surface area contributed by atoms with Crippen LogP contribution < -0.4 is 16.2 Å². The molecule has 1 aromatic rings. The average molecular weight is 280 g/mol. The number of rotatable bonds is 9. The predicted octanol–water partition coefficient (Wildman–Crippen LogP) is 3.29. The summed E-state index contributed by atoms with van der Waals surface area (Å²) in [4.78, 5) is 13.1. The second kappa shape index (κ2) is 8.37. The summed E-state index contributed by atoms with van der Waals surface area (Å²) >= 11 is 0. The first kappa shape index (κ1) is 16.2. The van der Waals surface area contributed by atoms with Crippen LogP contribution in [-0.2, 0) is 0 Å². The van der Waals surface area contributed by atoms with Crippen molar-refractivity contribution in [3.63, 3.8) is 0 Å². The van der Waals surface area contributed by atoms with Crippen molar-refractivity contribution in [3.05, 3.63) is 28.3 Å². The number of nitrogens with zero attached hydrogens (tertiary/aromatic N) is 2. The highest BCUT2D eigenvalue weighted by atomic mass is 16.6. The quantitative estimate of drug-likeness (QED) is 0.412. The van der Waals surface area contributed by atoms with E-state index in [1.165, 1.54) is 0 Å². The Morgan fingerprint density at radius 2 is 1.85 bits per heavy atom. The molecule has 0 saturated carbocycles. The lowest BCUT2D eigenvalue weighted by Gasteiger charge is -2.25. The fourth-order valence-corrected chi connectivity index (χ4v) is 2.15. The van der Waals surface area contributed by atoms with Crippen molar-refractivity contribution >= 4 is 17.1 Å². The van der Waals surface area contributed by atoms with Gasteiger partial charge in [-0.2, -0.15) is 0 Å². The Kier molecular flexibility index (Phi) is 6.79.